The first kappa shape index (κ1) is 71.1. The van der Waals surface area contributed by atoms with Crippen molar-refractivity contribution in [2.24, 2.45) is 5.11 Å². The molecular formula is C33H54AcCl4CuN4NaO7S2+2. The first-order valence-electron chi connectivity index (χ1n) is 14.3. The molecule has 0 saturated carbocycles. The topological polar surface area (TPSA) is 218 Å². The Morgan fingerprint density at radius 2 is 0.792 bits per heavy atom. The Morgan fingerprint density at radius 1 is 0.623 bits per heavy atom. The zero-order valence-electron chi connectivity index (χ0n) is 33.3. The van der Waals surface area contributed by atoms with Crippen LogP contribution >= 0.6 is 45.6 Å². The smallest absolute Gasteiger partial charge is 1.00 e. The third kappa shape index (κ3) is 20.5. The van der Waals surface area contributed by atoms with Gasteiger partial charge in [0.15, 0.2) is 0 Å². The van der Waals surface area contributed by atoms with E-state index in [4.69, 9.17) is 40.5 Å². The van der Waals surface area contributed by atoms with Crippen molar-refractivity contribution in [3.8, 4) is 0 Å². The van der Waals surface area contributed by atoms with Crippen molar-refractivity contribution in [2.75, 3.05) is 5.73 Å². The van der Waals surface area contributed by atoms with Crippen LogP contribution in [-0.2, 0) is 35.7 Å². The number of benzene rings is 3. The van der Waals surface area contributed by atoms with Crippen LogP contribution in [0.4, 0.5) is 11.4 Å². The summed E-state index contributed by atoms with van der Waals surface area (Å²) in [4.78, 5) is 8.39. The van der Waals surface area contributed by atoms with Crippen LogP contribution in [0.1, 0.15) is 83.5 Å². The van der Waals surface area contributed by atoms with Crippen LogP contribution in [0.15, 0.2) is 10.0 Å². The molecule has 0 amide bonds. The largest absolute Gasteiger partial charge is 1.00 e. The maximum atomic E-state index is 11.5. The number of nitrogens with zero attached hydrogens (tertiary/aromatic N) is 1. The first-order valence-corrected chi connectivity index (χ1v) is 18.6. The second-order valence-electron chi connectivity index (χ2n) is 11.2. The molecule has 301 valence electrons. The Morgan fingerprint density at radius 3 is 0.981 bits per heavy atom. The fraction of sp³-hybridized carbons (Fsp3) is 0.455. The van der Waals surface area contributed by atoms with Crippen molar-refractivity contribution in [1.29, 1.82) is 0 Å². The number of hydrogen-bond acceptors (Lipinski definition) is 8. The number of anilines is 1. The van der Waals surface area contributed by atoms with Gasteiger partial charge in [-0.2, -0.15) is 13.9 Å². The van der Waals surface area contributed by atoms with Crippen LogP contribution in [0, 0.1) is 158 Å². The van der Waals surface area contributed by atoms with E-state index in [1.54, 1.807) is 13.8 Å². The van der Waals surface area contributed by atoms with E-state index in [2.05, 4.69) is 99.6 Å². The molecule has 1 radical (unpaired) electrons. The second-order valence-corrected chi connectivity index (χ2v) is 13.8. The zero-order chi connectivity index (χ0) is 39.0. The Labute approximate surface area is 407 Å². The van der Waals surface area contributed by atoms with E-state index in [9.17, 15) is 8.42 Å². The quantitative estimate of drug-likeness (QED) is 0.0867. The molecule has 0 aliphatic rings. The summed E-state index contributed by atoms with van der Waals surface area (Å²) in [7, 11) is 5.99. The molecule has 3 rings (SSSR count). The van der Waals surface area contributed by atoms with Gasteiger partial charge >= 0.3 is 66.3 Å². The molecule has 0 atom stereocenters. The number of nitrogens with two attached hydrogens (primary N) is 2. The third-order valence-corrected chi connectivity index (χ3v) is 10.9. The molecule has 53 heavy (non-hydrogen) atoms. The predicted octanol–water partition coefficient (Wildman–Crippen LogP) is 3.41. The molecule has 0 heterocycles. The third-order valence-electron chi connectivity index (χ3n) is 9.32. The van der Waals surface area contributed by atoms with Crippen LogP contribution in [0.25, 0.3) is 0 Å². The molecule has 3 aromatic carbocycles. The van der Waals surface area contributed by atoms with Gasteiger partial charge in [0.2, 0.25) is 0 Å². The summed E-state index contributed by atoms with van der Waals surface area (Å²) in [5.41, 5.74) is 30.7. The van der Waals surface area contributed by atoms with E-state index in [1.807, 2.05) is 20.8 Å². The molecule has 0 unspecified atom stereocenters. The summed E-state index contributed by atoms with van der Waals surface area (Å²) >= 11 is 2.91. The average Bonchev–Trinajstić information content (AvgIpc) is 3.04. The average molecular weight is 1140 g/mol. The van der Waals surface area contributed by atoms with Crippen molar-refractivity contribution in [3.05, 3.63) is 93.6 Å². The molecule has 0 bridgehead atoms. The van der Waals surface area contributed by atoms with Crippen molar-refractivity contribution in [1.82, 2.24) is 0 Å². The summed E-state index contributed by atoms with van der Waals surface area (Å²) in [6.07, 6.45) is 0. The number of rotatable bonds is 2. The van der Waals surface area contributed by atoms with Gasteiger partial charge in [-0.1, -0.05) is 0 Å². The summed E-state index contributed by atoms with van der Waals surface area (Å²) in [6.45, 7) is 30.5. The molecule has 7 N–H and O–H groups in total. The molecule has 0 aliphatic carbocycles. The fourth-order valence-corrected chi connectivity index (χ4v) is 6.77. The van der Waals surface area contributed by atoms with E-state index < -0.39 is 20.6 Å². The Balaban J connectivity index is -0.0000000834. The van der Waals surface area contributed by atoms with E-state index in [0.717, 1.165) is 39.2 Å². The SMILES string of the molecule is Cc1c(C)c(C)c(N)c(C)c1C.Cc1c(C)c(C)c(N=[NH2+])c(C)c1C.Cc1c(C)c(C)c(S(=O)(=O)Cl)c(C)c1C.Cl.Cl.O.O=S=O.O=[NH+][O-].[Ac].[Cl][Cu].[Na+]. The van der Waals surface area contributed by atoms with Crippen LogP contribution in [0.3, 0.4) is 0 Å². The molecule has 20 heteroatoms. The van der Waals surface area contributed by atoms with Crippen LogP contribution in [0.2, 0.25) is 0 Å². The molecule has 0 spiro atoms. The minimum atomic E-state index is -3.65. The van der Waals surface area contributed by atoms with E-state index in [1.165, 1.54) is 55.6 Å². The van der Waals surface area contributed by atoms with Gasteiger partial charge in [0, 0.05) is 65.8 Å². The molecule has 3 aromatic rings. The molecule has 0 fully saturated rings. The molecule has 0 aliphatic heterocycles. The van der Waals surface area contributed by atoms with Gasteiger partial charge < -0.3 is 11.2 Å². The van der Waals surface area contributed by atoms with E-state index >= 15 is 0 Å². The maximum absolute atomic E-state index is 11.5. The molecule has 0 saturated heterocycles. The molecular weight excluding hydrogens is 1080 g/mol. The van der Waals surface area contributed by atoms with Crippen molar-refractivity contribution < 1.29 is 122 Å². The summed E-state index contributed by atoms with van der Waals surface area (Å²) in [5.74, 6) is 0. The minimum Gasteiger partial charge on any atom is 1.00 e. The molecule has 0 aromatic heterocycles. The normalized spacial score (nSPS) is 8.81. The van der Waals surface area contributed by atoms with Gasteiger partial charge in [-0.25, -0.2) is 8.42 Å². The second kappa shape index (κ2) is 34.4. The maximum Gasteiger partial charge on any atom is 1.00 e. The van der Waals surface area contributed by atoms with Gasteiger partial charge in [-0.15, -0.1) is 24.8 Å². The summed E-state index contributed by atoms with van der Waals surface area (Å²) < 4.78 is 39.5. The molecule has 11 nitrogen and oxygen atoms in total. The van der Waals surface area contributed by atoms with E-state index in [-0.39, 0.29) is 114 Å². The monoisotopic (exact) mass is 1140 g/mol. The van der Waals surface area contributed by atoms with Gasteiger partial charge in [0.05, 0.1) is 4.90 Å². The Hall–Kier alpha value is 0.311. The fourth-order valence-electron chi connectivity index (χ4n) is 5.03. The number of halogens is 4. The number of nitrogen functional groups attached to an aromatic ring is 1. The Kier molecular flexibility index (Phi) is 46.1. The van der Waals surface area contributed by atoms with Crippen LogP contribution in [0.5, 0.6) is 0 Å². The summed E-state index contributed by atoms with van der Waals surface area (Å²) in [6, 6.07) is 0. The predicted molar refractivity (Wildman–Crippen MR) is 212 cm³/mol. The van der Waals surface area contributed by atoms with E-state index in [0.29, 0.717) is 0 Å². The van der Waals surface area contributed by atoms with Crippen molar-refractivity contribution in [3.63, 3.8) is 0 Å². The van der Waals surface area contributed by atoms with Crippen LogP contribution in [-0.4, -0.2) is 22.3 Å². The first-order chi connectivity index (χ1) is 22.0. The van der Waals surface area contributed by atoms with Gasteiger partial charge in [0.1, 0.15) is 5.69 Å². The zero-order valence-corrected chi connectivity index (χ0v) is 45.8. The number of nitrogens with one attached hydrogen (secondary N) is 1. The van der Waals surface area contributed by atoms with Gasteiger partial charge in [0.25, 0.3) is 9.05 Å². The minimum absolute atomic E-state index is 0. The van der Waals surface area contributed by atoms with Crippen molar-refractivity contribution >= 4 is 77.6 Å². The summed E-state index contributed by atoms with van der Waals surface area (Å²) in [5, 5.41) is 12.2. The number of hydrogen-bond donors (Lipinski definition) is 3. The van der Waals surface area contributed by atoms with Crippen molar-refractivity contribution in [2.45, 2.75) is 109 Å². The van der Waals surface area contributed by atoms with Crippen LogP contribution < -0.4 is 46.2 Å². The standard InChI is InChI=1S/C11H15ClO2S.C11H16N2.C11H17N.Ac.3ClH.Cu.HNO2.Na.O2S.H2O/c1-6-7(2)9(4)11(15(12,13)14)10(5)8(6)3;1-6-7(2)9(4)11(13-12)10(5)8(6)3;1-6-7(2)9(4)11(12)10(5)8(6)3;;;;;;2-1-3;;1-3-2;/h1-5H3;12H,1-5H3;12H2,1-5H3;;3*1H;;1H;;;1H2/q;;;;;;;+1;;+1;;. The van der Waals surface area contributed by atoms with Gasteiger partial charge in [-0.05, 0) is 192 Å². The van der Waals surface area contributed by atoms with Gasteiger partial charge in [-0.3, -0.25) is 10.1 Å². The Bertz CT molecular complexity index is 1620.